The zero-order chi connectivity index (χ0) is 13.1. The van der Waals surface area contributed by atoms with Crippen molar-refractivity contribution in [1.82, 2.24) is 0 Å². The van der Waals surface area contributed by atoms with Crippen molar-refractivity contribution in [3.8, 4) is 0 Å². The molecule has 0 fully saturated rings. The number of carboxylic acids is 1. The van der Waals surface area contributed by atoms with Gasteiger partial charge in [0.2, 0.25) is 10.0 Å². The Labute approximate surface area is 108 Å². The summed E-state index contributed by atoms with van der Waals surface area (Å²) in [6.45, 7) is 1.83. The van der Waals surface area contributed by atoms with Crippen molar-refractivity contribution in [3.05, 3.63) is 28.2 Å². The molecule has 0 bridgehead atoms. The SMILES string of the molecule is Cc1ccc(Br)c(NS(=O)(=O)CCC(=O)O)c1. The fraction of sp³-hybridized carbons (Fsp3) is 0.300. The van der Waals surface area contributed by atoms with Gasteiger partial charge in [-0.2, -0.15) is 0 Å². The summed E-state index contributed by atoms with van der Waals surface area (Å²) in [5.41, 5.74) is 1.32. The minimum atomic E-state index is -3.63. The first-order chi connectivity index (χ1) is 7.80. The maximum atomic E-state index is 11.6. The van der Waals surface area contributed by atoms with Crippen molar-refractivity contribution in [2.24, 2.45) is 0 Å². The van der Waals surface area contributed by atoms with E-state index in [2.05, 4.69) is 20.7 Å². The van der Waals surface area contributed by atoms with Gasteiger partial charge in [0, 0.05) is 4.47 Å². The lowest BCUT2D eigenvalue weighted by Crippen LogP contribution is -2.19. The lowest BCUT2D eigenvalue weighted by molar-refractivity contribution is -0.136. The van der Waals surface area contributed by atoms with Crippen molar-refractivity contribution < 1.29 is 18.3 Å². The van der Waals surface area contributed by atoms with Crippen molar-refractivity contribution in [2.45, 2.75) is 13.3 Å². The first kappa shape index (κ1) is 14.0. The minimum absolute atomic E-state index is 0.412. The van der Waals surface area contributed by atoms with Gasteiger partial charge in [0.05, 0.1) is 17.9 Å². The van der Waals surface area contributed by atoms with Crippen molar-refractivity contribution in [2.75, 3.05) is 10.5 Å². The first-order valence-corrected chi connectivity index (χ1v) is 7.23. The van der Waals surface area contributed by atoms with Gasteiger partial charge >= 0.3 is 5.97 Å². The molecular formula is C10H12BrNO4S. The fourth-order valence-corrected chi connectivity index (χ4v) is 2.68. The average Bonchev–Trinajstić information content (AvgIpc) is 2.20. The smallest absolute Gasteiger partial charge is 0.304 e. The van der Waals surface area contributed by atoms with Crippen LogP contribution >= 0.6 is 15.9 Å². The first-order valence-electron chi connectivity index (χ1n) is 4.78. The Hall–Kier alpha value is -1.08. The Morgan fingerprint density at radius 1 is 1.47 bits per heavy atom. The quantitative estimate of drug-likeness (QED) is 0.868. The number of halogens is 1. The molecule has 1 aromatic carbocycles. The monoisotopic (exact) mass is 321 g/mol. The average molecular weight is 322 g/mol. The van der Waals surface area contributed by atoms with Crippen LogP contribution in [0.25, 0.3) is 0 Å². The number of hydrogen-bond acceptors (Lipinski definition) is 3. The molecule has 0 heterocycles. The fourth-order valence-electron chi connectivity index (χ4n) is 1.16. The van der Waals surface area contributed by atoms with Crippen molar-refractivity contribution in [1.29, 1.82) is 0 Å². The van der Waals surface area contributed by atoms with Crippen LogP contribution < -0.4 is 4.72 Å². The Morgan fingerprint density at radius 3 is 2.71 bits per heavy atom. The Bertz CT molecular complexity index is 527. The maximum absolute atomic E-state index is 11.6. The molecule has 94 valence electrons. The van der Waals surface area contributed by atoms with Crippen molar-refractivity contribution >= 4 is 37.6 Å². The van der Waals surface area contributed by atoms with Gasteiger partial charge in [0.1, 0.15) is 0 Å². The number of aliphatic carboxylic acids is 1. The topological polar surface area (TPSA) is 83.5 Å². The molecule has 0 aliphatic rings. The summed E-state index contributed by atoms with van der Waals surface area (Å²) >= 11 is 3.22. The molecular weight excluding hydrogens is 310 g/mol. The summed E-state index contributed by atoms with van der Waals surface area (Å²) < 4.78 is 26.1. The van der Waals surface area contributed by atoms with Gasteiger partial charge < -0.3 is 5.11 Å². The normalized spacial score (nSPS) is 11.2. The lowest BCUT2D eigenvalue weighted by Gasteiger charge is -2.09. The molecule has 0 amide bonds. The molecule has 0 aliphatic carbocycles. The highest BCUT2D eigenvalue weighted by Gasteiger charge is 2.14. The van der Waals surface area contributed by atoms with E-state index < -0.39 is 28.2 Å². The molecule has 2 N–H and O–H groups in total. The molecule has 0 spiro atoms. The molecule has 0 radical (unpaired) electrons. The van der Waals surface area contributed by atoms with E-state index >= 15 is 0 Å². The van der Waals surface area contributed by atoms with E-state index in [0.29, 0.717) is 10.2 Å². The number of rotatable bonds is 5. The van der Waals surface area contributed by atoms with E-state index in [1.807, 2.05) is 13.0 Å². The van der Waals surface area contributed by atoms with Crippen LogP contribution in [0.3, 0.4) is 0 Å². The van der Waals surface area contributed by atoms with Crippen LogP contribution in [-0.2, 0) is 14.8 Å². The van der Waals surface area contributed by atoms with Gasteiger partial charge in [-0.3, -0.25) is 9.52 Å². The molecule has 0 saturated heterocycles. The maximum Gasteiger partial charge on any atom is 0.304 e. The molecule has 17 heavy (non-hydrogen) atoms. The third-order valence-electron chi connectivity index (χ3n) is 1.97. The van der Waals surface area contributed by atoms with Gasteiger partial charge in [-0.1, -0.05) is 6.07 Å². The Morgan fingerprint density at radius 2 is 2.12 bits per heavy atom. The summed E-state index contributed by atoms with van der Waals surface area (Å²) in [7, 11) is -3.63. The number of carboxylic acid groups (broad SMARTS) is 1. The highest BCUT2D eigenvalue weighted by Crippen LogP contribution is 2.24. The van der Waals surface area contributed by atoms with Gasteiger partial charge in [0.15, 0.2) is 0 Å². The summed E-state index contributed by atoms with van der Waals surface area (Å²) in [5.74, 6) is -1.58. The van der Waals surface area contributed by atoms with Crippen molar-refractivity contribution in [3.63, 3.8) is 0 Å². The number of hydrogen-bond donors (Lipinski definition) is 2. The Balaban J connectivity index is 2.83. The van der Waals surface area contributed by atoms with Crippen LogP contribution in [0.1, 0.15) is 12.0 Å². The summed E-state index contributed by atoms with van der Waals surface area (Å²) in [4.78, 5) is 10.3. The molecule has 0 unspecified atom stereocenters. The van der Waals surface area contributed by atoms with E-state index in [9.17, 15) is 13.2 Å². The number of sulfonamides is 1. The van der Waals surface area contributed by atoms with Crippen LogP contribution in [0.4, 0.5) is 5.69 Å². The van der Waals surface area contributed by atoms with E-state index in [1.54, 1.807) is 12.1 Å². The van der Waals surface area contributed by atoms with Crippen LogP contribution in [0.5, 0.6) is 0 Å². The summed E-state index contributed by atoms with van der Waals surface area (Å²) in [6, 6.07) is 5.23. The molecule has 1 rings (SSSR count). The van der Waals surface area contributed by atoms with Gasteiger partial charge in [-0.15, -0.1) is 0 Å². The van der Waals surface area contributed by atoms with Gasteiger partial charge in [-0.25, -0.2) is 8.42 Å². The number of anilines is 1. The van der Waals surface area contributed by atoms with E-state index in [1.165, 1.54) is 0 Å². The molecule has 5 nitrogen and oxygen atoms in total. The van der Waals surface area contributed by atoms with E-state index in [0.717, 1.165) is 5.56 Å². The van der Waals surface area contributed by atoms with Crippen LogP contribution in [0.15, 0.2) is 22.7 Å². The van der Waals surface area contributed by atoms with E-state index in [-0.39, 0.29) is 0 Å². The van der Waals surface area contributed by atoms with Gasteiger partial charge in [-0.05, 0) is 40.5 Å². The third-order valence-corrected chi connectivity index (χ3v) is 3.94. The predicted molar refractivity (Wildman–Crippen MR) is 68.5 cm³/mol. The zero-order valence-corrected chi connectivity index (χ0v) is 11.5. The Kier molecular flexibility index (Phi) is 4.53. The highest BCUT2D eigenvalue weighted by atomic mass is 79.9. The summed E-state index contributed by atoms with van der Waals surface area (Å²) in [6.07, 6.45) is -0.418. The second kappa shape index (κ2) is 5.50. The molecule has 0 aromatic heterocycles. The number of carbonyl (C=O) groups is 1. The minimum Gasteiger partial charge on any atom is -0.481 e. The molecule has 0 saturated carbocycles. The number of aryl methyl sites for hydroxylation is 1. The predicted octanol–water partition coefficient (Wildman–Crippen LogP) is 1.97. The van der Waals surface area contributed by atoms with Crippen LogP contribution in [-0.4, -0.2) is 25.2 Å². The molecule has 7 heteroatoms. The van der Waals surface area contributed by atoms with E-state index in [4.69, 9.17) is 5.11 Å². The molecule has 0 atom stereocenters. The number of benzene rings is 1. The zero-order valence-electron chi connectivity index (χ0n) is 9.10. The third kappa shape index (κ3) is 4.74. The largest absolute Gasteiger partial charge is 0.481 e. The lowest BCUT2D eigenvalue weighted by atomic mass is 10.2. The second-order valence-corrected chi connectivity index (χ2v) is 6.24. The molecule has 0 aliphatic heterocycles. The highest BCUT2D eigenvalue weighted by molar-refractivity contribution is 9.10. The van der Waals surface area contributed by atoms with Gasteiger partial charge in [0.25, 0.3) is 0 Å². The second-order valence-electron chi connectivity index (χ2n) is 3.55. The standard InChI is InChI=1S/C10H12BrNO4S/c1-7-2-3-8(11)9(6-7)12-17(15,16)5-4-10(13)14/h2-3,6,12H,4-5H2,1H3,(H,13,14). The molecule has 1 aromatic rings. The van der Waals surface area contributed by atoms with Crippen LogP contribution in [0, 0.1) is 6.92 Å². The summed E-state index contributed by atoms with van der Waals surface area (Å²) in [5, 5.41) is 8.44. The number of nitrogens with one attached hydrogen (secondary N) is 1. The van der Waals surface area contributed by atoms with Crippen LogP contribution in [0.2, 0.25) is 0 Å².